The summed E-state index contributed by atoms with van der Waals surface area (Å²) in [6, 6.07) is 3.30. The van der Waals surface area contributed by atoms with E-state index < -0.39 is 11.7 Å². The first-order valence-corrected chi connectivity index (χ1v) is 9.05. The van der Waals surface area contributed by atoms with Crippen LogP contribution in [0, 0.1) is 0 Å². The summed E-state index contributed by atoms with van der Waals surface area (Å²) in [5, 5.41) is 8.87. The lowest BCUT2D eigenvalue weighted by atomic mass is 10.2. The number of hydrogen-bond donors (Lipinski definition) is 3. The van der Waals surface area contributed by atoms with Crippen molar-refractivity contribution in [2.45, 2.75) is 38.8 Å². The number of hydrogen-bond acceptors (Lipinski definition) is 5. The molecule has 0 aliphatic carbocycles. The van der Waals surface area contributed by atoms with Crippen LogP contribution in [0.2, 0.25) is 0 Å². The van der Waals surface area contributed by atoms with Gasteiger partial charge in [0.15, 0.2) is 11.7 Å². The summed E-state index contributed by atoms with van der Waals surface area (Å²) in [4.78, 5) is 30.0. The molecule has 2 amide bonds. The molecule has 0 spiro atoms. The van der Waals surface area contributed by atoms with E-state index in [0.29, 0.717) is 19.6 Å². The summed E-state index contributed by atoms with van der Waals surface area (Å²) >= 11 is 0. The van der Waals surface area contributed by atoms with E-state index in [4.69, 9.17) is 9.15 Å². The van der Waals surface area contributed by atoms with E-state index >= 15 is 0 Å². The van der Waals surface area contributed by atoms with Gasteiger partial charge in [0.25, 0.3) is 5.91 Å². The molecule has 3 N–H and O–H groups in total. The predicted octanol–water partition coefficient (Wildman–Crippen LogP) is 1.18. The highest BCUT2D eigenvalue weighted by molar-refractivity contribution is 5.91. The predicted molar refractivity (Wildman–Crippen MR) is 102 cm³/mol. The topological polar surface area (TPSA) is 108 Å². The molecule has 0 aromatic carbocycles. The molecule has 1 aliphatic heterocycles. The van der Waals surface area contributed by atoms with E-state index in [-0.39, 0.29) is 17.7 Å². The maximum absolute atomic E-state index is 11.9. The summed E-state index contributed by atoms with van der Waals surface area (Å²) in [7, 11) is 1.71. The molecule has 0 radical (unpaired) electrons. The van der Waals surface area contributed by atoms with Gasteiger partial charge in [0.1, 0.15) is 5.60 Å². The highest BCUT2D eigenvalue weighted by atomic mass is 16.6. The molecular weight excluding hydrogens is 350 g/mol. The fourth-order valence-electron chi connectivity index (χ4n) is 2.72. The van der Waals surface area contributed by atoms with Crippen LogP contribution in [0.3, 0.4) is 0 Å². The monoisotopic (exact) mass is 379 g/mol. The fourth-order valence-corrected chi connectivity index (χ4v) is 2.72. The molecular formula is C18H29N5O4. The second kappa shape index (κ2) is 9.29. The lowest BCUT2D eigenvalue weighted by Gasteiger charge is -2.23. The van der Waals surface area contributed by atoms with E-state index in [1.54, 1.807) is 19.2 Å². The van der Waals surface area contributed by atoms with E-state index in [9.17, 15) is 9.59 Å². The molecule has 1 fully saturated rings. The van der Waals surface area contributed by atoms with E-state index in [2.05, 4.69) is 25.8 Å². The molecule has 2 rings (SSSR count). The third-order valence-electron chi connectivity index (χ3n) is 3.86. The summed E-state index contributed by atoms with van der Waals surface area (Å²) < 4.78 is 10.3. The zero-order chi connectivity index (χ0) is 19.9. The zero-order valence-corrected chi connectivity index (χ0v) is 16.4. The molecule has 2 heterocycles. The number of alkyl carbamates (subject to hydrolysis) is 1. The summed E-state index contributed by atoms with van der Waals surface area (Å²) in [6.45, 7) is 7.90. The number of nitrogens with one attached hydrogen (secondary N) is 3. The molecule has 9 heteroatoms. The highest BCUT2D eigenvalue weighted by Gasteiger charge is 2.27. The van der Waals surface area contributed by atoms with Gasteiger partial charge < -0.3 is 30.0 Å². The van der Waals surface area contributed by atoms with Gasteiger partial charge in [-0.1, -0.05) is 0 Å². The Hall–Kier alpha value is -2.71. The average molecular weight is 379 g/mol. The molecule has 1 atom stereocenters. The number of rotatable bonds is 5. The van der Waals surface area contributed by atoms with Gasteiger partial charge >= 0.3 is 6.09 Å². The first-order chi connectivity index (χ1) is 12.8. The second-order valence-electron chi connectivity index (χ2n) is 7.29. The Kier molecular flexibility index (Phi) is 7.09. The first-order valence-electron chi connectivity index (χ1n) is 9.05. The Morgan fingerprint density at radius 3 is 2.70 bits per heavy atom. The minimum atomic E-state index is -0.514. The third-order valence-corrected chi connectivity index (χ3v) is 3.86. The van der Waals surface area contributed by atoms with Crippen LogP contribution in [0.1, 0.15) is 37.7 Å². The maximum Gasteiger partial charge on any atom is 0.407 e. The summed E-state index contributed by atoms with van der Waals surface area (Å²) in [6.07, 6.45) is 1.87. The van der Waals surface area contributed by atoms with Gasteiger partial charge in [-0.25, -0.2) is 4.79 Å². The van der Waals surface area contributed by atoms with E-state index in [1.807, 2.05) is 20.8 Å². The first kappa shape index (κ1) is 20.6. The van der Waals surface area contributed by atoms with Crippen molar-refractivity contribution in [2.75, 3.05) is 33.2 Å². The van der Waals surface area contributed by atoms with Gasteiger partial charge in [-0.15, -0.1) is 0 Å². The van der Waals surface area contributed by atoms with Gasteiger partial charge in [-0.2, -0.15) is 0 Å². The van der Waals surface area contributed by atoms with Gasteiger partial charge in [0, 0.05) is 33.2 Å². The third kappa shape index (κ3) is 6.84. The normalized spacial score (nSPS) is 17.6. The van der Waals surface area contributed by atoms with Crippen LogP contribution in [0.25, 0.3) is 0 Å². The van der Waals surface area contributed by atoms with E-state index in [0.717, 1.165) is 18.9 Å². The van der Waals surface area contributed by atoms with Crippen LogP contribution in [0.4, 0.5) is 4.79 Å². The maximum atomic E-state index is 11.9. The number of guanidine groups is 1. The van der Waals surface area contributed by atoms with Gasteiger partial charge in [-0.3, -0.25) is 9.79 Å². The van der Waals surface area contributed by atoms with Gasteiger partial charge in [0.2, 0.25) is 0 Å². The number of carbonyl (C=O) groups excluding carboxylic acids is 2. The molecule has 150 valence electrons. The van der Waals surface area contributed by atoms with Crippen molar-refractivity contribution in [2.24, 2.45) is 4.99 Å². The van der Waals surface area contributed by atoms with Crippen molar-refractivity contribution in [1.29, 1.82) is 0 Å². The van der Waals surface area contributed by atoms with Crippen molar-refractivity contribution in [3.05, 3.63) is 24.2 Å². The Labute approximate surface area is 159 Å². The quantitative estimate of drug-likeness (QED) is 0.403. The molecule has 1 aliphatic rings. The van der Waals surface area contributed by atoms with Crippen molar-refractivity contribution in [3.8, 4) is 0 Å². The van der Waals surface area contributed by atoms with Crippen LogP contribution in [-0.2, 0) is 4.74 Å². The average Bonchev–Trinajstić information content (AvgIpc) is 3.24. The molecule has 0 bridgehead atoms. The second-order valence-corrected chi connectivity index (χ2v) is 7.29. The number of amides is 2. The molecule has 1 aromatic heterocycles. The zero-order valence-electron chi connectivity index (χ0n) is 16.4. The number of furan rings is 1. The standard InChI is InChI=1S/C18H29N5O4/c1-18(2,3)27-17(25)22-13-7-10-23(12-13)16(19-4)21-9-8-20-15(24)14-6-5-11-26-14/h5-6,11,13H,7-10,12H2,1-4H3,(H,19,21)(H,20,24)(H,22,25). The SMILES string of the molecule is CN=C(NCCNC(=O)c1ccco1)N1CCC(NC(=O)OC(C)(C)C)C1. The van der Waals surface area contributed by atoms with Crippen LogP contribution in [-0.4, -0.2) is 67.7 Å². The van der Waals surface area contributed by atoms with Crippen molar-refractivity contribution < 1.29 is 18.7 Å². The molecule has 1 unspecified atom stereocenters. The molecule has 1 saturated heterocycles. The minimum Gasteiger partial charge on any atom is -0.459 e. The largest absolute Gasteiger partial charge is 0.459 e. The summed E-state index contributed by atoms with van der Waals surface area (Å²) in [5.74, 6) is 0.769. The van der Waals surface area contributed by atoms with Crippen molar-refractivity contribution in [3.63, 3.8) is 0 Å². The highest BCUT2D eigenvalue weighted by Crippen LogP contribution is 2.11. The lowest BCUT2D eigenvalue weighted by molar-refractivity contribution is 0.0507. The molecule has 27 heavy (non-hydrogen) atoms. The van der Waals surface area contributed by atoms with Crippen molar-refractivity contribution >= 4 is 18.0 Å². The molecule has 9 nitrogen and oxygen atoms in total. The van der Waals surface area contributed by atoms with Gasteiger partial charge in [0.05, 0.1) is 12.3 Å². The number of carbonyl (C=O) groups is 2. The van der Waals surface area contributed by atoms with Crippen LogP contribution >= 0.6 is 0 Å². The number of nitrogens with zero attached hydrogens (tertiary/aromatic N) is 2. The number of likely N-dealkylation sites (tertiary alicyclic amines) is 1. The summed E-state index contributed by atoms with van der Waals surface area (Å²) in [5.41, 5.74) is -0.514. The Morgan fingerprint density at radius 1 is 1.33 bits per heavy atom. The smallest absolute Gasteiger partial charge is 0.407 e. The van der Waals surface area contributed by atoms with E-state index in [1.165, 1.54) is 6.26 Å². The molecule has 0 saturated carbocycles. The Bertz CT molecular complexity index is 651. The number of ether oxygens (including phenoxy) is 1. The van der Waals surface area contributed by atoms with Crippen LogP contribution in [0.5, 0.6) is 0 Å². The van der Waals surface area contributed by atoms with Crippen LogP contribution < -0.4 is 16.0 Å². The van der Waals surface area contributed by atoms with Crippen LogP contribution in [0.15, 0.2) is 27.8 Å². The fraction of sp³-hybridized carbons (Fsp3) is 0.611. The Morgan fingerprint density at radius 2 is 2.07 bits per heavy atom. The number of aliphatic imine (C=N–C) groups is 1. The lowest BCUT2D eigenvalue weighted by Crippen LogP contribution is -2.45. The minimum absolute atomic E-state index is 0.0112. The Balaban J connectivity index is 1.70. The van der Waals surface area contributed by atoms with Crippen molar-refractivity contribution in [1.82, 2.24) is 20.9 Å². The molecule has 1 aromatic rings. The van der Waals surface area contributed by atoms with Gasteiger partial charge in [-0.05, 0) is 39.3 Å².